The third-order valence-corrected chi connectivity index (χ3v) is 3.62. The summed E-state index contributed by atoms with van der Waals surface area (Å²) in [4.78, 5) is 2.35. The summed E-state index contributed by atoms with van der Waals surface area (Å²) < 4.78 is 12.9. The van der Waals surface area contributed by atoms with Gasteiger partial charge in [-0.15, -0.1) is 0 Å². The van der Waals surface area contributed by atoms with Crippen LogP contribution >= 0.6 is 0 Å². The lowest BCUT2D eigenvalue weighted by atomic mass is 9.90. The van der Waals surface area contributed by atoms with E-state index in [4.69, 9.17) is 0 Å². The molecule has 0 bridgehead atoms. The van der Waals surface area contributed by atoms with Crippen LogP contribution in [0.2, 0.25) is 0 Å². The average molecular weight is 222 g/mol. The van der Waals surface area contributed by atoms with Crippen LogP contribution in [0.25, 0.3) is 0 Å². The SMILES string of the molecule is CN1CCCNCC1(C)c1ccc(F)cc1. The van der Waals surface area contributed by atoms with Gasteiger partial charge in [0.15, 0.2) is 0 Å². The number of halogens is 1. The molecule has 0 spiro atoms. The highest BCUT2D eigenvalue weighted by atomic mass is 19.1. The maximum absolute atomic E-state index is 12.9. The van der Waals surface area contributed by atoms with Gasteiger partial charge in [0.05, 0.1) is 5.54 Å². The van der Waals surface area contributed by atoms with Gasteiger partial charge >= 0.3 is 0 Å². The maximum atomic E-state index is 12.9. The molecule has 2 nitrogen and oxygen atoms in total. The molecule has 1 aliphatic heterocycles. The minimum atomic E-state index is -0.170. The molecule has 0 aliphatic carbocycles. The molecule has 1 atom stereocenters. The molecule has 16 heavy (non-hydrogen) atoms. The molecule has 0 amide bonds. The standard InChI is InChI=1S/C13H19FN2/c1-13(10-15-8-3-9-16(13)2)11-4-6-12(14)7-5-11/h4-7,15H,3,8-10H2,1-2H3. The van der Waals surface area contributed by atoms with Crippen LogP contribution in [0.3, 0.4) is 0 Å². The van der Waals surface area contributed by atoms with Gasteiger partial charge in [0, 0.05) is 6.54 Å². The molecule has 1 heterocycles. The monoisotopic (exact) mass is 222 g/mol. The molecule has 1 aliphatic rings. The number of hydrogen-bond acceptors (Lipinski definition) is 2. The summed E-state index contributed by atoms with van der Waals surface area (Å²) in [7, 11) is 2.14. The van der Waals surface area contributed by atoms with Crippen molar-refractivity contribution < 1.29 is 4.39 Å². The summed E-state index contributed by atoms with van der Waals surface area (Å²) in [6.07, 6.45) is 1.16. The molecule has 1 aromatic rings. The molecule has 0 saturated carbocycles. The zero-order valence-electron chi connectivity index (χ0n) is 9.96. The van der Waals surface area contributed by atoms with Crippen molar-refractivity contribution in [3.8, 4) is 0 Å². The van der Waals surface area contributed by atoms with Crippen molar-refractivity contribution in [1.29, 1.82) is 0 Å². The first-order valence-corrected chi connectivity index (χ1v) is 5.81. The molecule has 2 rings (SSSR count). The van der Waals surface area contributed by atoms with E-state index in [0.29, 0.717) is 0 Å². The fraction of sp³-hybridized carbons (Fsp3) is 0.538. The van der Waals surface area contributed by atoms with Crippen LogP contribution in [0.15, 0.2) is 24.3 Å². The van der Waals surface area contributed by atoms with Gasteiger partial charge in [-0.05, 0) is 51.2 Å². The lowest BCUT2D eigenvalue weighted by molar-refractivity contribution is 0.151. The number of rotatable bonds is 1. The van der Waals surface area contributed by atoms with E-state index in [2.05, 4.69) is 24.2 Å². The molecule has 88 valence electrons. The van der Waals surface area contributed by atoms with Crippen LogP contribution in [-0.4, -0.2) is 31.6 Å². The van der Waals surface area contributed by atoms with E-state index in [-0.39, 0.29) is 11.4 Å². The fourth-order valence-corrected chi connectivity index (χ4v) is 2.29. The van der Waals surface area contributed by atoms with Crippen LogP contribution in [0.1, 0.15) is 18.9 Å². The van der Waals surface area contributed by atoms with Gasteiger partial charge in [0.2, 0.25) is 0 Å². The molecular weight excluding hydrogens is 203 g/mol. The van der Waals surface area contributed by atoms with Gasteiger partial charge in [-0.1, -0.05) is 12.1 Å². The van der Waals surface area contributed by atoms with Gasteiger partial charge in [-0.2, -0.15) is 0 Å². The molecule has 0 aromatic heterocycles. The van der Waals surface area contributed by atoms with Gasteiger partial charge in [-0.3, -0.25) is 4.90 Å². The molecular formula is C13H19FN2. The highest BCUT2D eigenvalue weighted by molar-refractivity contribution is 5.25. The molecule has 0 radical (unpaired) electrons. The predicted octanol–water partition coefficient (Wildman–Crippen LogP) is 1.97. The van der Waals surface area contributed by atoms with Crippen molar-refractivity contribution in [2.45, 2.75) is 18.9 Å². The van der Waals surface area contributed by atoms with Crippen molar-refractivity contribution in [3.05, 3.63) is 35.6 Å². The Morgan fingerprint density at radius 1 is 1.31 bits per heavy atom. The summed E-state index contributed by atoms with van der Waals surface area (Å²) in [5.74, 6) is -0.170. The van der Waals surface area contributed by atoms with Crippen LogP contribution in [0.4, 0.5) is 4.39 Å². The first-order valence-electron chi connectivity index (χ1n) is 5.81. The predicted molar refractivity (Wildman–Crippen MR) is 63.9 cm³/mol. The summed E-state index contributed by atoms with van der Waals surface area (Å²) in [6.45, 7) is 5.25. The second-order valence-electron chi connectivity index (χ2n) is 4.73. The Hall–Kier alpha value is -0.930. The second-order valence-corrected chi connectivity index (χ2v) is 4.73. The number of nitrogens with zero attached hydrogens (tertiary/aromatic N) is 1. The van der Waals surface area contributed by atoms with Gasteiger partial charge in [-0.25, -0.2) is 4.39 Å². The maximum Gasteiger partial charge on any atom is 0.123 e. The smallest absolute Gasteiger partial charge is 0.123 e. The molecule has 1 aromatic carbocycles. The third kappa shape index (κ3) is 2.11. The van der Waals surface area contributed by atoms with E-state index in [1.54, 1.807) is 12.1 Å². The van der Waals surface area contributed by atoms with Crippen LogP contribution in [0, 0.1) is 5.82 Å². The van der Waals surface area contributed by atoms with E-state index in [1.807, 2.05) is 12.1 Å². The van der Waals surface area contributed by atoms with Crippen LogP contribution < -0.4 is 5.32 Å². The van der Waals surface area contributed by atoms with E-state index >= 15 is 0 Å². The summed E-state index contributed by atoms with van der Waals surface area (Å²) >= 11 is 0. The van der Waals surface area contributed by atoms with E-state index in [1.165, 1.54) is 5.56 Å². The molecule has 1 fully saturated rings. The molecule has 3 heteroatoms. The summed E-state index contributed by atoms with van der Waals surface area (Å²) in [6, 6.07) is 6.86. The van der Waals surface area contributed by atoms with Gasteiger partial charge in [0.25, 0.3) is 0 Å². The Labute approximate surface area is 96.5 Å². The second kappa shape index (κ2) is 4.52. The minimum Gasteiger partial charge on any atom is -0.315 e. The van der Waals surface area contributed by atoms with Crippen molar-refractivity contribution in [1.82, 2.24) is 10.2 Å². The quantitative estimate of drug-likeness (QED) is 0.781. The lowest BCUT2D eigenvalue weighted by Crippen LogP contribution is -2.46. The zero-order valence-corrected chi connectivity index (χ0v) is 9.96. The van der Waals surface area contributed by atoms with Crippen molar-refractivity contribution in [2.75, 3.05) is 26.7 Å². The third-order valence-electron chi connectivity index (χ3n) is 3.62. The zero-order chi connectivity index (χ0) is 11.6. The average Bonchev–Trinajstić information content (AvgIpc) is 2.44. The number of hydrogen-bond donors (Lipinski definition) is 1. The van der Waals surface area contributed by atoms with Gasteiger partial charge in [0.1, 0.15) is 5.82 Å². The molecule has 1 saturated heterocycles. The highest BCUT2D eigenvalue weighted by Gasteiger charge is 2.32. The Morgan fingerprint density at radius 2 is 2.00 bits per heavy atom. The molecule has 1 unspecified atom stereocenters. The highest BCUT2D eigenvalue weighted by Crippen LogP contribution is 2.28. The van der Waals surface area contributed by atoms with Crippen molar-refractivity contribution in [2.24, 2.45) is 0 Å². The Bertz CT molecular complexity index is 349. The van der Waals surface area contributed by atoms with Crippen LogP contribution in [-0.2, 0) is 5.54 Å². The van der Waals surface area contributed by atoms with Gasteiger partial charge < -0.3 is 5.32 Å². The largest absolute Gasteiger partial charge is 0.315 e. The minimum absolute atomic E-state index is 0.0375. The summed E-state index contributed by atoms with van der Waals surface area (Å²) in [5.41, 5.74) is 1.13. The van der Waals surface area contributed by atoms with E-state index in [9.17, 15) is 4.39 Å². The number of likely N-dealkylation sites (N-methyl/N-ethyl adjacent to an activating group) is 1. The van der Waals surface area contributed by atoms with Crippen molar-refractivity contribution in [3.63, 3.8) is 0 Å². The van der Waals surface area contributed by atoms with E-state index in [0.717, 1.165) is 26.1 Å². The normalized spacial score (nSPS) is 27.7. The van der Waals surface area contributed by atoms with E-state index < -0.39 is 0 Å². The van der Waals surface area contributed by atoms with Crippen LogP contribution in [0.5, 0.6) is 0 Å². The lowest BCUT2D eigenvalue weighted by Gasteiger charge is -2.37. The number of nitrogens with one attached hydrogen (secondary N) is 1. The molecule has 1 N–H and O–H groups in total. The number of benzene rings is 1. The topological polar surface area (TPSA) is 15.3 Å². The first kappa shape index (κ1) is 11.6. The Balaban J connectivity index is 2.31. The summed E-state index contributed by atoms with van der Waals surface area (Å²) in [5, 5.41) is 3.45. The first-order chi connectivity index (χ1) is 7.63. The van der Waals surface area contributed by atoms with Crippen molar-refractivity contribution >= 4 is 0 Å². The Morgan fingerprint density at radius 3 is 2.69 bits per heavy atom. The Kier molecular flexibility index (Phi) is 3.26. The fourth-order valence-electron chi connectivity index (χ4n) is 2.29.